The largest absolute Gasteiger partial charge is 0.330 e. The van der Waals surface area contributed by atoms with Crippen LogP contribution in [-0.2, 0) is 6.42 Å². The minimum Gasteiger partial charge on any atom is -0.330 e. The van der Waals surface area contributed by atoms with E-state index in [1.54, 1.807) is 0 Å². The molecule has 0 radical (unpaired) electrons. The molecule has 2 N–H and O–H groups in total. The van der Waals surface area contributed by atoms with Crippen LogP contribution in [0.1, 0.15) is 5.56 Å². The monoisotopic (exact) mass is 237 g/mol. The summed E-state index contributed by atoms with van der Waals surface area (Å²) in [4.78, 5) is 4.71. The highest BCUT2D eigenvalue weighted by molar-refractivity contribution is 5.64. The van der Waals surface area contributed by atoms with Gasteiger partial charge in [0.05, 0.1) is 5.69 Å². The van der Waals surface area contributed by atoms with Gasteiger partial charge in [0.15, 0.2) is 0 Å². The highest BCUT2D eigenvalue weighted by Gasteiger charge is 2.06. The minimum atomic E-state index is 0.646. The zero-order valence-electron chi connectivity index (χ0n) is 10.1. The third kappa shape index (κ3) is 1.89. The van der Waals surface area contributed by atoms with E-state index in [4.69, 9.17) is 10.7 Å². The first-order chi connectivity index (χ1) is 8.88. The number of hydrogen-bond donors (Lipinski definition) is 1. The highest BCUT2D eigenvalue weighted by atomic mass is 15.0. The fourth-order valence-corrected chi connectivity index (χ4v) is 2.17. The first kappa shape index (κ1) is 11.0. The van der Waals surface area contributed by atoms with Crippen molar-refractivity contribution in [2.45, 2.75) is 6.42 Å². The van der Waals surface area contributed by atoms with E-state index in [1.807, 2.05) is 30.5 Å². The van der Waals surface area contributed by atoms with Crippen molar-refractivity contribution in [3.8, 4) is 11.3 Å². The molecule has 0 amide bonds. The summed E-state index contributed by atoms with van der Waals surface area (Å²) in [7, 11) is 0. The van der Waals surface area contributed by atoms with E-state index in [2.05, 4.69) is 28.8 Å². The molecule has 0 atom stereocenters. The van der Waals surface area contributed by atoms with Gasteiger partial charge >= 0.3 is 0 Å². The number of hydrogen-bond acceptors (Lipinski definition) is 2. The molecule has 3 nitrogen and oxygen atoms in total. The Balaban J connectivity index is 2.14. The van der Waals surface area contributed by atoms with Gasteiger partial charge in [0, 0.05) is 18.0 Å². The van der Waals surface area contributed by atoms with Crippen molar-refractivity contribution in [1.29, 1.82) is 0 Å². The van der Waals surface area contributed by atoms with Crippen molar-refractivity contribution in [2.24, 2.45) is 5.73 Å². The molecule has 0 fully saturated rings. The summed E-state index contributed by atoms with van der Waals surface area (Å²) in [6.45, 7) is 0.646. The molecule has 3 rings (SSSR count). The molecule has 0 saturated heterocycles. The second-order valence-electron chi connectivity index (χ2n) is 4.30. The van der Waals surface area contributed by atoms with Gasteiger partial charge in [0.2, 0.25) is 0 Å². The SMILES string of the molecule is NCCc1cccn2cc(-c3ccccc3)nc12. The Morgan fingerprint density at radius 2 is 1.89 bits per heavy atom. The Morgan fingerprint density at radius 3 is 2.67 bits per heavy atom. The van der Waals surface area contributed by atoms with Crippen LogP contribution in [0.3, 0.4) is 0 Å². The minimum absolute atomic E-state index is 0.646. The maximum Gasteiger partial charge on any atom is 0.140 e. The Bertz CT molecular complexity index is 656. The lowest BCUT2D eigenvalue weighted by atomic mass is 10.2. The van der Waals surface area contributed by atoms with Crippen molar-refractivity contribution in [3.05, 3.63) is 60.4 Å². The Labute approximate surface area is 106 Å². The summed E-state index contributed by atoms with van der Waals surface area (Å²) < 4.78 is 2.06. The van der Waals surface area contributed by atoms with Gasteiger partial charge in [-0.2, -0.15) is 0 Å². The van der Waals surface area contributed by atoms with Crippen LogP contribution < -0.4 is 5.73 Å². The van der Waals surface area contributed by atoms with Crippen LogP contribution in [0.5, 0.6) is 0 Å². The second-order valence-corrected chi connectivity index (χ2v) is 4.30. The third-order valence-corrected chi connectivity index (χ3v) is 3.05. The van der Waals surface area contributed by atoms with Gasteiger partial charge in [-0.15, -0.1) is 0 Å². The van der Waals surface area contributed by atoms with Crippen LogP contribution in [-0.4, -0.2) is 15.9 Å². The quantitative estimate of drug-likeness (QED) is 0.760. The van der Waals surface area contributed by atoms with Gasteiger partial charge in [-0.25, -0.2) is 4.98 Å². The van der Waals surface area contributed by atoms with Crippen molar-refractivity contribution < 1.29 is 0 Å². The lowest BCUT2D eigenvalue weighted by Crippen LogP contribution is -2.04. The van der Waals surface area contributed by atoms with Gasteiger partial charge in [-0.3, -0.25) is 0 Å². The number of imidazole rings is 1. The normalized spacial score (nSPS) is 10.9. The molecule has 18 heavy (non-hydrogen) atoms. The smallest absolute Gasteiger partial charge is 0.140 e. The zero-order chi connectivity index (χ0) is 12.4. The topological polar surface area (TPSA) is 43.3 Å². The highest BCUT2D eigenvalue weighted by Crippen LogP contribution is 2.20. The first-order valence-electron chi connectivity index (χ1n) is 6.10. The molecule has 90 valence electrons. The summed E-state index contributed by atoms with van der Waals surface area (Å²) in [5, 5.41) is 0. The fourth-order valence-electron chi connectivity index (χ4n) is 2.17. The number of rotatable bonds is 3. The molecule has 0 spiro atoms. The predicted octanol–water partition coefficient (Wildman–Crippen LogP) is 2.50. The number of benzene rings is 1. The molecule has 3 aromatic rings. The molecule has 0 aliphatic rings. The molecular weight excluding hydrogens is 222 g/mol. The van der Waals surface area contributed by atoms with Crippen LogP contribution in [0.2, 0.25) is 0 Å². The molecule has 3 heteroatoms. The van der Waals surface area contributed by atoms with Crippen molar-refractivity contribution in [3.63, 3.8) is 0 Å². The molecule has 1 aromatic carbocycles. The van der Waals surface area contributed by atoms with E-state index < -0.39 is 0 Å². The molecule has 0 unspecified atom stereocenters. The molecule has 0 aliphatic heterocycles. The maximum absolute atomic E-state index is 5.63. The molecule has 2 aromatic heterocycles. The van der Waals surface area contributed by atoms with Gasteiger partial charge in [0.1, 0.15) is 5.65 Å². The molecular formula is C15H15N3. The summed E-state index contributed by atoms with van der Waals surface area (Å²) in [6, 6.07) is 14.3. The average Bonchev–Trinajstić information content (AvgIpc) is 2.85. The zero-order valence-corrected chi connectivity index (χ0v) is 10.1. The third-order valence-electron chi connectivity index (χ3n) is 3.05. The first-order valence-corrected chi connectivity index (χ1v) is 6.10. The predicted molar refractivity (Wildman–Crippen MR) is 73.4 cm³/mol. The van der Waals surface area contributed by atoms with E-state index in [0.717, 1.165) is 23.3 Å². The molecule has 2 heterocycles. The molecule has 0 bridgehead atoms. The van der Waals surface area contributed by atoms with Crippen molar-refractivity contribution in [1.82, 2.24) is 9.38 Å². The summed E-state index contributed by atoms with van der Waals surface area (Å²) >= 11 is 0. The Morgan fingerprint density at radius 1 is 1.06 bits per heavy atom. The number of fused-ring (bicyclic) bond motifs is 1. The Hall–Kier alpha value is -2.13. The van der Waals surface area contributed by atoms with E-state index in [1.165, 1.54) is 5.56 Å². The van der Waals surface area contributed by atoms with Crippen molar-refractivity contribution >= 4 is 5.65 Å². The number of nitrogens with zero attached hydrogens (tertiary/aromatic N) is 2. The van der Waals surface area contributed by atoms with E-state index in [-0.39, 0.29) is 0 Å². The maximum atomic E-state index is 5.63. The lowest BCUT2D eigenvalue weighted by Gasteiger charge is -2.00. The number of aromatic nitrogens is 2. The summed E-state index contributed by atoms with van der Waals surface area (Å²) in [6.07, 6.45) is 4.94. The van der Waals surface area contributed by atoms with Gasteiger partial charge in [-0.05, 0) is 24.6 Å². The van der Waals surface area contributed by atoms with Gasteiger partial charge < -0.3 is 10.1 Å². The van der Waals surface area contributed by atoms with Crippen LogP contribution >= 0.6 is 0 Å². The van der Waals surface area contributed by atoms with E-state index in [9.17, 15) is 0 Å². The summed E-state index contributed by atoms with van der Waals surface area (Å²) in [5.74, 6) is 0. The van der Waals surface area contributed by atoms with Crippen LogP contribution in [0.25, 0.3) is 16.9 Å². The van der Waals surface area contributed by atoms with E-state index in [0.29, 0.717) is 6.54 Å². The standard InChI is InChI=1S/C15H15N3/c16-9-8-13-7-4-10-18-11-14(17-15(13)18)12-5-2-1-3-6-12/h1-7,10-11H,8-9,16H2. The fraction of sp³-hybridized carbons (Fsp3) is 0.133. The number of nitrogens with two attached hydrogens (primary N) is 1. The van der Waals surface area contributed by atoms with Crippen LogP contribution in [0.15, 0.2) is 54.9 Å². The van der Waals surface area contributed by atoms with Gasteiger partial charge in [-0.1, -0.05) is 36.4 Å². The van der Waals surface area contributed by atoms with Crippen LogP contribution in [0, 0.1) is 0 Å². The lowest BCUT2D eigenvalue weighted by molar-refractivity contribution is 0.960. The number of pyridine rings is 1. The average molecular weight is 237 g/mol. The Kier molecular flexibility index (Phi) is 2.82. The molecule has 0 saturated carbocycles. The molecule has 0 aliphatic carbocycles. The van der Waals surface area contributed by atoms with Crippen molar-refractivity contribution in [2.75, 3.05) is 6.54 Å². The van der Waals surface area contributed by atoms with Gasteiger partial charge in [0.25, 0.3) is 0 Å². The second kappa shape index (κ2) is 4.63. The van der Waals surface area contributed by atoms with Crippen LogP contribution in [0.4, 0.5) is 0 Å². The van der Waals surface area contributed by atoms with E-state index >= 15 is 0 Å². The summed E-state index contributed by atoms with van der Waals surface area (Å²) in [5.41, 5.74) is 9.97.